The fourth-order valence-electron chi connectivity index (χ4n) is 4.90. The van der Waals surface area contributed by atoms with Crippen LogP contribution in [-0.2, 0) is 11.2 Å². The Balaban J connectivity index is 1.47. The standard InChI is InChI=1S/C25H30N6O2/c1-3-17-11-18-13-22(25-27-16(2)30-33-25)24(29-23(18)19(12-17)14-26)31-8-6-20(7-9-31)28-21-5-4-10-32-15-21/h11-13,20-21,28H,3-10,15H2,1-2H3/t21-/m1/s1. The van der Waals surface area contributed by atoms with Crippen LogP contribution in [0.5, 0.6) is 0 Å². The van der Waals surface area contributed by atoms with Crippen molar-refractivity contribution in [1.29, 1.82) is 5.26 Å². The Labute approximate surface area is 193 Å². The molecule has 8 nitrogen and oxygen atoms in total. The smallest absolute Gasteiger partial charge is 0.261 e. The van der Waals surface area contributed by atoms with Crippen molar-refractivity contribution < 1.29 is 9.26 Å². The zero-order valence-corrected chi connectivity index (χ0v) is 19.3. The summed E-state index contributed by atoms with van der Waals surface area (Å²) in [7, 11) is 0. The van der Waals surface area contributed by atoms with E-state index in [2.05, 4.69) is 39.4 Å². The van der Waals surface area contributed by atoms with Crippen LogP contribution in [0.4, 0.5) is 5.82 Å². The first kappa shape index (κ1) is 21.8. The SMILES string of the molecule is CCc1cc(C#N)c2nc(N3CCC(N[C@@H]4CCCOC4)CC3)c(-c3nc(C)no3)cc2c1. The van der Waals surface area contributed by atoms with Gasteiger partial charge in [-0.05, 0) is 62.8 Å². The highest BCUT2D eigenvalue weighted by molar-refractivity contribution is 5.91. The molecule has 2 fully saturated rings. The molecule has 0 spiro atoms. The van der Waals surface area contributed by atoms with Crippen LogP contribution >= 0.6 is 0 Å². The highest BCUT2D eigenvalue weighted by Gasteiger charge is 2.27. The lowest BCUT2D eigenvalue weighted by Crippen LogP contribution is -2.48. The first-order chi connectivity index (χ1) is 16.1. The average Bonchev–Trinajstić information content (AvgIpc) is 3.29. The molecule has 1 N–H and O–H groups in total. The number of aryl methyl sites for hydroxylation is 2. The van der Waals surface area contributed by atoms with Crippen molar-refractivity contribution >= 4 is 16.7 Å². The predicted molar refractivity (Wildman–Crippen MR) is 126 cm³/mol. The minimum atomic E-state index is 0.456. The Hall–Kier alpha value is -3.02. The summed E-state index contributed by atoms with van der Waals surface area (Å²) in [5.74, 6) is 1.87. The van der Waals surface area contributed by atoms with Crippen molar-refractivity contribution in [1.82, 2.24) is 20.4 Å². The van der Waals surface area contributed by atoms with Crippen molar-refractivity contribution in [3.05, 3.63) is 35.2 Å². The highest BCUT2D eigenvalue weighted by atomic mass is 16.5. The van der Waals surface area contributed by atoms with Gasteiger partial charge < -0.3 is 19.5 Å². The molecule has 4 heterocycles. The van der Waals surface area contributed by atoms with Crippen LogP contribution < -0.4 is 10.2 Å². The zero-order valence-electron chi connectivity index (χ0n) is 19.3. The van der Waals surface area contributed by atoms with Crippen LogP contribution in [0.2, 0.25) is 0 Å². The van der Waals surface area contributed by atoms with Crippen LogP contribution in [0.3, 0.4) is 0 Å². The third-order valence-electron chi connectivity index (χ3n) is 6.67. The van der Waals surface area contributed by atoms with Crippen molar-refractivity contribution in [2.75, 3.05) is 31.2 Å². The van der Waals surface area contributed by atoms with Gasteiger partial charge >= 0.3 is 0 Å². The molecule has 0 unspecified atom stereocenters. The minimum absolute atomic E-state index is 0.456. The molecule has 1 atom stereocenters. The summed E-state index contributed by atoms with van der Waals surface area (Å²) >= 11 is 0. The number of nitriles is 1. The van der Waals surface area contributed by atoms with Crippen LogP contribution in [-0.4, -0.2) is 53.5 Å². The van der Waals surface area contributed by atoms with Gasteiger partial charge in [-0.2, -0.15) is 10.2 Å². The van der Waals surface area contributed by atoms with E-state index >= 15 is 0 Å². The normalized spacial score (nSPS) is 19.7. The van der Waals surface area contributed by atoms with Crippen LogP contribution in [0.25, 0.3) is 22.4 Å². The number of ether oxygens (including phenoxy) is 1. The number of nitrogens with one attached hydrogen (secondary N) is 1. The van der Waals surface area contributed by atoms with Gasteiger partial charge in [-0.15, -0.1) is 0 Å². The van der Waals surface area contributed by atoms with E-state index in [1.54, 1.807) is 0 Å². The second kappa shape index (κ2) is 9.46. The fraction of sp³-hybridized carbons (Fsp3) is 0.520. The molecule has 0 aliphatic carbocycles. The Morgan fingerprint density at radius 1 is 1.15 bits per heavy atom. The molecule has 3 aromatic rings. The second-order valence-corrected chi connectivity index (χ2v) is 9.03. The molecule has 2 aromatic heterocycles. The Kier molecular flexibility index (Phi) is 6.25. The first-order valence-corrected chi connectivity index (χ1v) is 11.9. The number of piperidine rings is 1. The summed E-state index contributed by atoms with van der Waals surface area (Å²) in [5.41, 5.74) is 3.27. The Bertz CT molecular complexity index is 1170. The van der Waals surface area contributed by atoms with Gasteiger partial charge in [-0.3, -0.25) is 0 Å². The van der Waals surface area contributed by atoms with Crippen molar-refractivity contribution in [3.63, 3.8) is 0 Å². The van der Waals surface area contributed by atoms with E-state index in [1.165, 1.54) is 6.42 Å². The third kappa shape index (κ3) is 4.56. The van der Waals surface area contributed by atoms with Gasteiger partial charge in [0.2, 0.25) is 0 Å². The lowest BCUT2D eigenvalue weighted by Gasteiger charge is -2.36. The number of pyridine rings is 1. The number of rotatable bonds is 5. The molecule has 172 valence electrons. The molecule has 8 heteroatoms. The fourth-order valence-corrected chi connectivity index (χ4v) is 4.90. The monoisotopic (exact) mass is 446 g/mol. The molecular formula is C25H30N6O2. The number of aromatic nitrogens is 3. The van der Waals surface area contributed by atoms with Crippen molar-refractivity contribution in [2.45, 2.75) is 58.0 Å². The number of hydrogen-bond donors (Lipinski definition) is 1. The molecule has 1 aromatic carbocycles. The van der Waals surface area contributed by atoms with Gasteiger partial charge in [0.05, 0.1) is 23.3 Å². The maximum atomic E-state index is 9.77. The first-order valence-electron chi connectivity index (χ1n) is 11.9. The largest absolute Gasteiger partial charge is 0.380 e. The van der Waals surface area contributed by atoms with E-state index in [0.29, 0.717) is 29.4 Å². The zero-order chi connectivity index (χ0) is 22.8. The lowest BCUT2D eigenvalue weighted by atomic mass is 10.00. The summed E-state index contributed by atoms with van der Waals surface area (Å²) in [6.45, 7) is 7.34. The molecule has 0 amide bonds. The second-order valence-electron chi connectivity index (χ2n) is 9.03. The molecule has 2 saturated heterocycles. The molecule has 0 bridgehead atoms. The number of nitrogens with zero attached hydrogens (tertiary/aromatic N) is 5. The van der Waals surface area contributed by atoms with Crippen LogP contribution in [0, 0.1) is 18.3 Å². The summed E-state index contributed by atoms with van der Waals surface area (Å²) in [4.78, 5) is 11.8. The van der Waals surface area contributed by atoms with E-state index in [0.717, 1.165) is 79.8 Å². The lowest BCUT2D eigenvalue weighted by molar-refractivity contribution is 0.0650. The topological polar surface area (TPSA) is 100 Å². The average molecular weight is 447 g/mol. The number of fused-ring (bicyclic) bond motifs is 1. The molecule has 0 radical (unpaired) electrons. The number of hydrogen-bond acceptors (Lipinski definition) is 8. The molecular weight excluding hydrogens is 416 g/mol. The minimum Gasteiger partial charge on any atom is -0.380 e. The summed E-state index contributed by atoms with van der Waals surface area (Å²) in [6, 6.07) is 9.36. The summed E-state index contributed by atoms with van der Waals surface area (Å²) < 4.78 is 11.2. The van der Waals surface area contributed by atoms with Gasteiger partial charge in [0, 0.05) is 37.2 Å². The predicted octanol–water partition coefficient (Wildman–Crippen LogP) is 3.76. The molecule has 5 rings (SSSR count). The van der Waals surface area contributed by atoms with Gasteiger partial charge in [-0.25, -0.2) is 4.98 Å². The maximum absolute atomic E-state index is 9.77. The molecule has 2 aliphatic heterocycles. The molecule has 33 heavy (non-hydrogen) atoms. The number of benzene rings is 1. The quantitative estimate of drug-likeness (QED) is 0.632. The Morgan fingerprint density at radius 3 is 2.67 bits per heavy atom. The van der Waals surface area contributed by atoms with E-state index in [4.69, 9.17) is 14.2 Å². The molecule has 0 saturated carbocycles. The van der Waals surface area contributed by atoms with E-state index in [9.17, 15) is 5.26 Å². The Morgan fingerprint density at radius 2 is 2.00 bits per heavy atom. The molecule has 2 aliphatic rings. The summed E-state index contributed by atoms with van der Waals surface area (Å²) in [6.07, 6.45) is 5.22. The van der Waals surface area contributed by atoms with Crippen molar-refractivity contribution in [3.8, 4) is 17.5 Å². The van der Waals surface area contributed by atoms with Gasteiger partial charge in [0.1, 0.15) is 11.9 Å². The van der Waals surface area contributed by atoms with E-state index < -0.39 is 0 Å². The van der Waals surface area contributed by atoms with Crippen LogP contribution in [0.15, 0.2) is 22.7 Å². The van der Waals surface area contributed by atoms with E-state index in [-0.39, 0.29) is 0 Å². The van der Waals surface area contributed by atoms with E-state index in [1.807, 2.05) is 19.1 Å². The third-order valence-corrected chi connectivity index (χ3v) is 6.67. The van der Waals surface area contributed by atoms with Crippen LogP contribution in [0.1, 0.15) is 49.6 Å². The van der Waals surface area contributed by atoms with Gasteiger partial charge in [0.25, 0.3) is 5.89 Å². The van der Waals surface area contributed by atoms with Gasteiger partial charge in [-0.1, -0.05) is 12.1 Å². The maximum Gasteiger partial charge on any atom is 0.261 e. The summed E-state index contributed by atoms with van der Waals surface area (Å²) in [5, 5.41) is 18.5. The number of anilines is 1. The van der Waals surface area contributed by atoms with Gasteiger partial charge in [0.15, 0.2) is 5.82 Å². The highest BCUT2D eigenvalue weighted by Crippen LogP contribution is 2.34. The van der Waals surface area contributed by atoms with Crippen molar-refractivity contribution in [2.24, 2.45) is 0 Å².